The van der Waals surface area contributed by atoms with E-state index >= 15 is 0 Å². The molecule has 0 saturated carbocycles. The molecule has 0 saturated heterocycles. The van der Waals surface area contributed by atoms with Crippen molar-refractivity contribution in [3.63, 3.8) is 0 Å². The van der Waals surface area contributed by atoms with Gasteiger partial charge in [-0.05, 0) is 30.0 Å². The highest BCUT2D eigenvalue weighted by Crippen LogP contribution is 2.19. The van der Waals surface area contributed by atoms with E-state index < -0.39 is 10.1 Å². The summed E-state index contributed by atoms with van der Waals surface area (Å²) in [4.78, 5) is 4.48. The molecule has 0 unspecified atom stereocenters. The first-order valence-corrected chi connectivity index (χ1v) is 10.3. The summed E-state index contributed by atoms with van der Waals surface area (Å²) in [5.74, 6) is 6.59. The number of aromatic nitrogens is 1. The Kier molecular flexibility index (Phi) is 8.27. The summed E-state index contributed by atoms with van der Waals surface area (Å²) in [6.45, 7) is 0.897. The molecule has 0 aliphatic carbocycles. The molecule has 1 aromatic carbocycles. The summed E-state index contributed by atoms with van der Waals surface area (Å²) < 4.78 is 37.5. The smallest absolute Gasteiger partial charge is 0.264 e. The molecule has 1 heterocycles. The van der Waals surface area contributed by atoms with E-state index in [-0.39, 0.29) is 6.61 Å². The lowest BCUT2D eigenvalue weighted by molar-refractivity contribution is 0.175. The second-order valence-corrected chi connectivity index (χ2v) is 7.42. The van der Waals surface area contributed by atoms with Crippen molar-refractivity contribution in [3.05, 3.63) is 59.4 Å². The number of benzene rings is 1. The third-order valence-corrected chi connectivity index (χ3v) is 4.01. The molecule has 0 radical (unpaired) electrons. The summed E-state index contributed by atoms with van der Waals surface area (Å²) in [6.07, 6.45) is 2.08. The maximum absolute atomic E-state index is 10.9. The van der Waals surface area contributed by atoms with Gasteiger partial charge in [0, 0.05) is 13.5 Å². The molecule has 0 amide bonds. The van der Waals surface area contributed by atoms with Crippen LogP contribution in [0.4, 0.5) is 0 Å². The first-order chi connectivity index (χ1) is 13.0. The van der Waals surface area contributed by atoms with Crippen LogP contribution in [0.2, 0.25) is 0 Å². The molecule has 0 atom stereocenters. The second-order valence-electron chi connectivity index (χ2n) is 5.78. The van der Waals surface area contributed by atoms with Crippen molar-refractivity contribution in [3.8, 4) is 17.6 Å². The molecule has 0 aliphatic rings. The van der Waals surface area contributed by atoms with Crippen LogP contribution in [0, 0.1) is 11.8 Å². The van der Waals surface area contributed by atoms with Crippen molar-refractivity contribution < 1.29 is 22.1 Å². The molecule has 0 bridgehead atoms. The standard InChI is InChI=1S/C20H23NO5S/c1-24-16-19-20(25-15-17-9-5-3-6-10-17)13-12-18(21-19)11-7-4-8-14-26-27(2,22)23/h3,5-6,9-10,12-13H,4,8,14-16H2,1-2H3. The molecule has 2 rings (SSSR count). The molecular formula is C20H23NO5S. The molecule has 144 valence electrons. The number of hydrogen-bond donors (Lipinski definition) is 0. The van der Waals surface area contributed by atoms with Gasteiger partial charge in [0.25, 0.3) is 10.1 Å². The molecule has 27 heavy (non-hydrogen) atoms. The van der Waals surface area contributed by atoms with Gasteiger partial charge in [-0.3, -0.25) is 4.18 Å². The largest absolute Gasteiger partial charge is 0.487 e. The van der Waals surface area contributed by atoms with Crippen molar-refractivity contribution in [2.75, 3.05) is 20.0 Å². The van der Waals surface area contributed by atoms with Gasteiger partial charge in [-0.25, -0.2) is 4.98 Å². The minimum Gasteiger partial charge on any atom is -0.487 e. The Morgan fingerprint density at radius 1 is 1.07 bits per heavy atom. The van der Waals surface area contributed by atoms with Crippen LogP contribution >= 0.6 is 0 Å². The predicted octanol–water partition coefficient (Wildman–Crippen LogP) is 2.91. The third-order valence-electron chi connectivity index (χ3n) is 3.41. The van der Waals surface area contributed by atoms with Gasteiger partial charge in [-0.2, -0.15) is 8.42 Å². The molecule has 0 spiro atoms. The van der Waals surface area contributed by atoms with Crippen LogP contribution in [0.25, 0.3) is 0 Å². The van der Waals surface area contributed by atoms with E-state index in [1.807, 2.05) is 36.4 Å². The van der Waals surface area contributed by atoms with Gasteiger partial charge in [0.2, 0.25) is 0 Å². The number of nitrogens with zero attached hydrogens (tertiary/aromatic N) is 1. The van der Waals surface area contributed by atoms with Crippen LogP contribution in [-0.4, -0.2) is 33.4 Å². The van der Waals surface area contributed by atoms with Gasteiger partial charge < -0.3 is 9.47 Å². The van der Waals surface area contributed by atoms with E-state index in [0.717, 1.165) is 11.8 Å². The number of ether oxygens (including phenoxy) is 2. The van der Waals surface area contributed by atoms with Crippen molar-refractivity contribution in [2.24, 2.45) is 0 Å². The van der Waals surface area contributed by atoms with Crippen molar-refractivity contribution in [1.82, 2.24) is 4.98 Å². The van der Waals surface area contributed by atoms with Crippen LogP contribution in [0.5, 0.6) is 5.75 Å². The van der Waals surface area contributed by atoms with Gasteiger partial charge >= 0.3 is 0 Å². The van der Waals surface area contributed by atoms with Crippen LogP contribution in [0.15, 0.2) is 42.5 Å². The summed E-state index contributed by atoms with van der Waals surface area (Å²) in [5, 5.41) is 0. The molecular weight excluding hydrogens is 366 g/mol. The number of rotatable bonds is 9. The number of methoxy groups -OCH3 is 1. The highest BCUT2D eigenvalue weighted by Gasteiger charge is 2.07. The first kappa shape index (κ1) is 20.9. The van der Waals surface area contributed by atoms with E-state index in [1.54, 1.807) is 13.2 Å². The Bertz CT molecular complexity index is 886. The zero-order valence-corrected chi connectivity index (χ0v) is 16.3. The normalized spacial score (nSPS) is 10.9. The van der Waals surface area contributed by atoms with Gasteiger partial charge in [0.05, 0.1) is 19.5 Å². The Labute approximate surface area is 160 Å². The fraction of sp³-hybridized carbons (Fsp3) is 0.350. The van der Waals surface area contributed by atoms with Crippen LogP contribution in [0.3, 0.4) is 0 Å². The predicted molar refractivity (Wildman–Crippen MR) is 103 cm³/mol. The second kappa shape index (κ2) is 10.7. The van der Waals surface area contributed by atoms with E-state index in [2.05, 4.69) is 21.0 Å². The fourth-order valence-electron chi connectivity index (χ4n) is 2.19. The average Bonchev–Trinajstić information content (AvgIpc) is 2.64. The lowest BCUT2D eigenvalue weighted by atomic mass is 10.2. The summed E-state index contributed by atoms with van der Waals surface area (Å²) in [7, 11) is -1.79. The Morgan fingerprint density at radius 3 is 2.56 bits per heavy atom. The lowest BCUT2D eigenvalue weighted by Crippen LogP contribution is -2.03. The van der Waals surface area contributed by atoms with E-state index in [9.17, 15) is 8.42 Å². The van der Waals surface area contributed by atoms with Crippen LogP contribution in [-0.2, 0) is 32.3 Å². The number of unbranched alkanes of at least 4 members (excludes halogenated alkanes) is 1. The van der Waals surface area contributed by atoms with Gasteiger partial charge in [-0.15, -0.1) is 0 Å². The first-order valence-electron chi connectivity index (χ1n) is 8.47. The number of pyridine rings is 1. The topological polar surface area (TPSA) is 74.7 Å². The van der Waals surface area contributed by atoms with Crippen LogP contribution < -0.4 is 4.74 Å². The van der Waals surface area contributed by atoms with Gasteiger partial charge in [-0.1, -0.05) is 36.3 Å². The van der Waals surface area contributed by atoms with Crippen molar-refractivity contribution in [2.45, 2.75) is 26.1 Å². The zero-order valence-electron chi connectivity index (χ0n) is 15.5. The summed E-state index contributed by atoms with van der Waals surface area (Å²) in [6, 6.07) is 13.5. The average molecular weight is 389 g/mol. The molecule has 6 nitrogen and oxygen atoms in total. The van der Waals surface area contributed by atoms with Gasteiger partial charge in [0.1, 0.15) is 23.7 Å². The monoisotopic (exact) mass is 389 g/mol. The fourth-order valence-corrected chi connectivity index (χ4v) is 2.61. The molecule has 0 N–H and O–H groups in total. The third kappa shape index (κ3) is 8.22. The molecule has 1 aromatic heterocycles. The van der Waals surface area contributed by atoms with E-state index in [4.69, 9.17) is 9.47 Å². The quantitative estimate of drug-likeness (QED) is 0.373. The highest BCUT2D eigenvalue weighted by molar-refractivity contribution is 7.85. The Hall–Kier alpha value is -2.40. The maximum atomic E-state index is 10.9. The minimum atomic E-state index is -3.39. The SMILES string of the molecule is COCc1nc(C#CCCCOS(C)(=O)=O)ccc1OCc1ccccc1. The van der Waals surface area contributed by atoms with E-state index in [1.165, 1.54) is 0 Å². The molecule has 0 aliphatic heterocycles. The molecule has 7 heteroatoms. The van der Waals surface area contributed by atoms with Gasteiger partial charge in [0.15, 0.2) is 0 Å². The molecule has 0 fully saturated rings. The minimum absolute atomic E-state index is 0.127. The van der Waals surface area contributed by atoms with Crippen molar-refractivity contribution in [1.29, 1.82) is 0 Å². The lowest BCUT2D eigenvalue weighted by Gasteiger charge is -2.10. The van der Waals surface area contributed by atoms with Crippen LogP contribution in [0.1, 0.15) is 29.8 Å². The van der Waals surface area contributed by atoms with E-state index in [0.29, 0.717) is 43.2 Å². The zero-order chi connectivity index (χ0) is 19.5. The summed E-state index contributed by atoms with van der Waals surface area (Å²) >= 11 is 0. The van der Waals surface area contributed by atoms with Crippen molar-refractivity contribution >= 4 is 10.1 Å². The Balaban J connectivity index is 1.95. The number of hydrogen-bond acceptors (Lipinski definition) is 6. The maximum Gasteiger partial charge on any atom is 0.264 e. The summed E-state index contributed by atoms with van der Waals surface area (Å²) in [5.41, 5.74) is 2.36. The molecule has 2 aromatic rings. The Morgan fingerprint density at radius 2 is 1.85 bits per heavy atom. The highest BCUT2D eigenvalue weighted by atomic mass is 32.2.